The highest BCUT2D eigenvalue weighted by Gasteiger charge is 2.29. The van der Waals surface area contributed by atoms with Crippen molar-refractivity contribution < 1.29 is 9.21 Å². The highest BCUT2D eigenvalue weighted by atomic mass is 35.5. The summed E-state index contributed by atoms with van der Waals surface area (Å²) in [5.41, 5.74) is 1.92. The molecule has 0 saturated carbocycles. The Kier molecular flexibility index (Phi) is 3.47. The van der Waals surface area contributed by atoms with Gasteiger partial charge in [-0.15, -0.1) is 11.6 Å². The first kappa shape index (κ1) is 13.5. The summed E-state index contributed by atoms with van der Waals surface area (Å²) in [6.45, 7) is 5.51. The van der Waals surface area contributed by atoms with Crippen LogP contribution in [0.4, 0.5) is 0 Å². The third kappa shape index (κ3) is 2.42. The smallest absolute Gasteiger partial charge is 0.289 e. The van der Waals surface area contributed by atoms with Gasteiger partial charge in [0, 0.05) is 23.9 Å². The second-order valence-corrected chi connectivity index (χ2v) is 6.25. The summed E-state index contributed by atoms with van der Waals surface area (Å²) in [5.74, 6) is 0.709. The summed E-state index contributed by atoms with van der Waals surface area (Å²) < 4.78 is 5.68. The number of aryl methyl sites for hydroxylation is 1. The number of benzene rings is 1. The van der Waals surface area contributed by atoms with Gasteiger partial charge in [-0.1, -0.05) is 18.6 Å². The third-order valence-corrected chi connectivity index (χ3v) is 4.62. The van der Waals surface area contributed by atoms with Gasteiger partial charge in [-0.2, -0.15) is 0 Å². The topological polar surface area (TPSA) is 33.5 Å². The van der Waals surface area contributed by atoms with Crippen LogP contribution >= 0.6 is 11.6 Å². The zero-order valence-corrected chi connectivity index (χ0v) is 12.5. The maximum atomic E-state index is 12.5. The van der Waals surface area contributed by atoms with E-state index in [1.54, 1.807) is 0 Å². The number of likely N-dealkylation sites (tertiary alicyclic amines) is 1. The van der Waals surface area contributed by atoms with Crippen LogP contribution in [0.5, 0.6) is 0 Å². The summed E-state index contributed by atoms with van der Waals surface area (Å²) in [7, 11) is 0. The number of nitrogens with zero attached hydrogens (tertiary/aromatic N) is 1. The van der Waals surface area contributed by atoms with Gasteiger partial charge in [0.25, 0.3) is 5.91 Å². The number of rotatable bonds is 1. The largest absolute Gasteiger partial charge is 0.451 e. The van der Waals surface area contributed by atoms with Gasteiger partial charge in [0.15, 0.2) is 5.76 Å². The molecule has 20 heavy (non-hydrogen) atoms. The van der Waals surface area contributed by atoms with Crippen molar-refractivity contribution in [2.24, 2.45) is 5.92 Å². The van der Waals surface area contributed by atoms with Crippen LogP contribution < -0.4 is 0 Å². The third-order valence-electron chi connectivity index (χ3n) is 3.97. The second kappa shape index (κ2) is 5.13. The molecule has 2 aromatic rings. The predicted molar refractivity (Wildman–Crippen MR) is 80.3 cm³/mol. The molecule has 0 bridgehead atoms. The van der Waals surface area contributed by atoms with E-state index in [9.17, 15) is 4.79 Å². The number of alkyl halides is 1. The Morgan fingerprint density at radius 2 is 2.20 bits per heavy atom. The molecule has 1 aliphatic heterocycles. The molecule has 2 atom stereocenters. The molecule has 3 rings (SSSR count). The highest BCUT2D eigenvalue weighted by molar-refractivity contribution is 6.20. The maximum absolute atomic E-state index is 12.5. The summed E-state index contributed by atoms with van der Waals surface area (Å²) in [4.78, 5) is 14.3. The molecule has 0 aliphatic carbocycles. The van der Waals surface area contributed by atoms with Gasteiger partial charge in [-0.3, -0.25) is 4.79 Å². The van der Waals surface area contributed by atoms with E-state index < -0.39 is 0 Å². The minimum Gasteiger partial charge on any atom is -0.451 e. The fourth-order valence-electron chi connectivity index (χ4n) is 2.73. The van der Waals surface area contributed by atoms with Crippen LogP contribution in [0.15, 0.2) is 28.7 Å². The highest BCUT2D eigenvalue weighted by Crippen LogP contribution is 2.25. The molecular formula is C16H18ClNO2. The summed E-state index contributed by atoms with van der Waals surface area (Å²) in [6, 6.07) is 7.77. The van der Waals surface area contributed by atoms with E-state index in [1.807, 2.05) is 36.1 Å². The first-order valence-electron chi connectivity index (χ1n) is 6.98. The molecule has 1 amide bonds. The Hall–Kier alpha value is -1.48. The Morgan fingerprint density at radius 1 is 1.40 bits per heavy atom. The molecule has 4 heteroatoms. The number of furan rings is 1. The van der Waals surface area contributed by atoms with Crippen LogP contribution in [0.25, 0.3) is 11.0 Å². The first-order valence-corrected chi connectivity index (χ1v) is 7.42. The van der Waals surface area contributed by atoms with Gasteiger partial charge >= 0.3 is 0 Å². The monoisotopic (exact) mass is 291 g/mol. The van der Waals surface area contributed by atoms with E-state index in [2.05, 4.69) is 6.92 Å². The van der Waals surface area contributed by atoms with Crippen LogP contribution in [0.1, 0.15) is 29.5 Å². The predicted octanol–water partition coefficient (Wildman–Crippen LogP) is 3.83. The van der Waals surface area contributed by atoms with Gasteiger partial charge in [-0.05, 0) is 37.5 Å². The fraction of sp³-hybridized carbons (Fsp3) is 0.438. The summed E-state index contributed by atoms with van der Waals surface area (Å²) in [6.07, 6.45) is 0.841. The van der Waals surface area contributed by atoms with Crippen LogP contribution in [0.3, 0.4) is 0 Å². The van der Waals surface area contributed by atoms with Crippen LogP contribution in [0, 0.1) is 12.8 Å². The number of hydrogen-bond acceptors (Lipinski definition) is 2. The number of amides is 1. The number of fused-ring (bicyclic) bond motifs is 1. The first-order chi connectivity index (χ1) is 9.54. The fourth-order valence-corrected chi connectivity index (χ4v) is 2.90. The maximum Gasteiger partial charge on any atom is 0.289 e. The number of carbonyl (C=O) groups excluding carboxylic acids is 1. The van der Waals surface area contributed by atoms with Crippen molar-refractivity contribution in [1.29, 1.82) is 0 Å². The SMILES string of the molecule is Cc1ccc2oc(C(=O)N3CCC(Cl)C(C)C3)cc2c1. The molecule has 106 valence electrons. The van der Waals surface area contributed by atoms with E-state index in [-0.39, 0.29) is 11.3 Å². The van der Waals surface area contributed by atoms with Crippen molar-refractivity contribution in [3.05, 3.63) is 35.6 Å². The van der Waals surface area contributed by atoms with E-state index >= 15 is 0 Å². The van der Waals surface area contributed by atoms with Crippen LogP contribution in [-0.2, 0) is 0 Å². The molecule has 0 spiro atoms. The zero-order valence-electron chi connectivity index (χ0n) is 11.7. The average molecular weight is 292 g/mol. The molecule has 0 radical (unpaired) electrons. The number of halogens is 1. The van der Waals surface area contributed by atoms with E-state index in [0.717, 1.165) is 23.0 Å². The molecule has 1 aromatic heterocycles. The molecule has 1 saturated heterocycles. The molecule has 3 nitrogen and oxygen atoms in total. The Balaban J connectivity index is 1.85. The number of piperidine rings is 1. The van der Waals surface area contributed by atoms with Crippen molar-refractivity contribution in [2.45, 2.75) is 25.6 Å². The number of carbonyl (C=O) groups is 1. The lowest BCUT2D eigenvalue weighted by molar-refractivity contribution is 0.0657. The number of hydrogen-bond donors (Lipinski definition) is 0. The lowest BCUT2D eigenvalue weighted by Gasteiger charge is -2.33. The van der Waals surface area contributed by atoms with E-state index in [0.29, 0.717) is 24.8 Å². The average Bonchev–Trinajstić information content (AvgIpc) is 2.84. The minimum atomic E-state index is -0.0331. The Bertz CT molecular complexity index is 649. The van der Waals surface area contributed by atoms with Crippen LogP contribution in [-0.4, -0.2) is 29.3 Å². The van der Waals surface area contributed by atoms with E-state index in [1.165, 1.54) is 0 Å². The van der Waals surface area contributed by atoms with E-state index in [4.69, 9.17) is 16.0 Å². The van der Waals surface area contributed by atoms with Crippen molar-refractivity contribution in [3.63, 3.8) is 0 Å². The molecule has 1 aromatic carbocycles. The zero-order chi connectivity index (χ0) is 14.3. The minimum absolute atomic E-state index is 0.0331. The normalized spacial score (nSPS) is 23.2. The quantitative estimate of drug-likeness (QED) is 0.748. The van der Waals surface area contributed by atoms with Crippen LogP contribution in [0.2, 0.25) is 0 Å². The summed E-state index contributed by atoms with van der Waals surface area (Å²) in [5, 5.41) is 1.14. The van der Waals surface area contributed by atoms with Crippen molar-refractivity contribution in [1.82, 2.24) is 4.90 Å². The van der Waals surface area contributed by atoms with Gasteiger partial charge < -0.3 is 9.32 Å². The molecule has 2 unspecified atom stereocenters. The lowest BCUT2D eigenvalue weighted by atomic mass is 9.99. The van der Waals surface area contributed by atoms with Gasteiger partial charge in [-0.25, -0.2) is 0 Å². The Morgan fingerprint density at radius 3 is 2.95 bits per heavy atom. The molecule has 1 fully saturated rings. The Labute approximate surface area is 123 Å². The van der Waals surface area contributed by atoms with Crippen molar-refractivity contribution in [2.75, 3.05) is 13.1 Å². The lowest BCUT2D eigenvalue weighted by Crippen LogP contribution is -2.43. The molecule has 2 heterocycles. The van der Waals surface area contributed by atoms with Gasteiger partial charge in [0.05, 0.1) is 0 Å². The molecule has 1 aliphatic rings. The van der Waals surface area contributed by atoms with Crippen molar-refractivity contribution >= 4 is 28.5 Å². The molecular weight excluding hydrogens is 274 g/mol. The second-order valence-electron chi connectivity index (χ2n) is 5.69. The molecule has 0 N–H and O–H groups in total. The summed E-state index contributed by atoms with van der Waals surface area (Å²) >= 11 is 6.20. The standard InChI is InChI=1S/C16H18ClNO2/c1-10-3-4-14-12(7-10)8-15(20-14)16(19)18-6-5-13(17)11(2)9-18/h3-4,7-8,11,13H,5-6,9H2,1-2H3. The van der Waals surface area contributed by atoms with Gasteiger partial charge in [0.1, 0.15) is 5.58 Å². The van der Waals surface area contributed by atoms with Crippen molar-refractivity contribution in [3.8, 4) is 0 Å². The van der Waals surface area contributed by atoms with Gasteiger partial charge in [0.2, 0.25) is 0 Å².